The summed E-state index contributed by atoms with van der Waals surface area (Å²) in [7, 11) is -3.24. The Morgan fingerprint density at radius 1 is 0.917 bits per heavy atom. The summed E-state index contributed by atoms with van der Waals surface area (Å²) >= 11 is 0. The molecule has 0 radical (unpaired) electrons. The van der Waals surface area contributed by atoms with Crippen molar-refractivity contribution in [3.05, 3.63) is 71.8 Å². The lowest BCUT2D eigenvalue weighted by Crippen LogP contribution is -2.23. The molecule has 24 heavy (non-hydrogen) atoms. The maximum absolute atomic E-state index is 13.3. The Labute approximate surface area is 144 Å². The molecule has 1 atom stereocenters. The van der Waals surface area contributed by atoms with E-state index in [0.717, 1.165) is 5.56 Å². The molecule has 0 aliphatic heterocycles. The van der Waals surface area contributed by atoms with Gasteiger partial charge in [-0.2, -0.15) is 0 Å². The van der Waals surface area contributed by atoms with Gasteiger partial charge in [0.25, 0.3) is 0 Å². The molecule has 0 aliphatic rings. The molecule has 0 heterocycles. The van der Waals surface area contributed by atoms with Crippen LogP contribution in [0.4, 0.5) is 0 Å². The summed E-state index contributed by atoms with van der Waals surface area (Å²) in [6, 6.07) is 19.9. The molecule has 1 N–H and O–H groups in total. The second kappa shape index (κ2) is 9.75. The first kappa shape index (κ1) is 18.9. The topological polar surface area (TPSA) is 47.6 Å². The van der Waals surface area contributed by atoms with Crippen molar-refractivity contribution in [3.63, 3.8) is 0 Å². The first-order valence-corrected chi connectivity index (χ1v) is 9.99. The van der Waals surface area contributed by atoms with E-state index in [1.54, 1.807) is 0 Å². The van der Waals surface area contributed by atoms with E-state index in [2.05, 4.69) is 17.4 Å². The summed E-state index contributed by atoms with van der Waals surface area (Å²) in [4.78, 5) is 0. The summed E-state index contributed by atoms with van der Waals surface area (Å²) in [5.41, 5.74) is 1.82. The quantitative estimate of drug-likeness (QED) is 0.628. The average molecular weight is 347 g/mol. The summed E-state index contributed by atoms with van der Waals surface area (Å²) in [6.45, 7) is 5.63. The molecule has 2 aromatic carbocycles. The van der Waals surface area contributed by atoms with Gasteiger partial charge in [-0.1, -0.05) is 60.7 Å². The molecule has 2 rings (SSSR count). The Balaban J connectivity index is 2.15. The van der Waals surface area contributed by atoms with Gasteiger partial charge in [0.1, 0.15) is 0 Å². The highest BCUT2D eigenvalue weighted by atomic mass is 31.2. The number of hydrogen-bond acceptors (Lipinski definition) is 4. The van der Waals surface area contributed by atoms with Gasteiger partial charge >= 0.3 is 7.60 Å². The van der Waals surface area contributed by atoms with Crippen molar-refractivity contribution in [3.8, 4) is 0 Å². The highest BCUT2D eigenvalue weighted by molar-refractivity contribution is 7.54. The van der Waals surface area contributed by atoms with Gasteiger partial charge < -0.3 is 14.4 Å². The number of nitrogens with one attached hydrogen (secondary N) is 1. The summed E-state index contributed by atoms with van der Waals surface area (Å²) < 4.78 is 24.4. The highest BCUT2D eigenvalue weighted by Gasteiger charge is 2.36. The van der Waals surface area contributed by atoms with Gasteiger partial charge in [0, 0.05) is 13.1 Å². The van der Waals surface area contributed by atoms with Gasteiger partial charge in [0.2, 0.25) is 0 Å². The molecule has 0 fully saturated rings. The molecule has 130 valence electrons. The van der Waals surface area contributed by atoms with Gasteiger partial charge in [0.05, 0.1) is 18.9 Å². The summed E-state index contributed by atoms with van der Waals surface area (Å²) in [5.74, 6) is 0. The predicted molar refractivity (Wildman–Crippen MR) is 98.2 cm³/mol. The van der Waals surface area contributed by atoms with Crippen molar-refractivity contribution in [2.45, 2.75) is 26.1 Å². The number of hydrogen-bond donors (Lipinski definition) is 1. The minimum absolute atomic E-state index is 0.331. The van der Waals surface area contributed by atoms with Crippen LogP contribution in [0.2, 0.25) is 0 Å². The van der Waals surface area contributed by atoms with Gasteiger partial charge in [-0.25, -0.2) is 0 Å². The van der Waals surface area contributed by atoms with Crippen LogP contribution >= 0.6 is 7.60 Å². The Kier molecular flexibility index (Phi) is 7.67. The third kappa shape index (κ3) is 5.29. The highest BCUT2D eigenvalue weighted by Crippen LogP contribution is 2.60. The fraction of sp³-hybridized carbons (Fsp3) is 0.368. The number of benzene rings is 2. The second-order valence-corrected chi connectivity index (χ2v) is 7.64. The second-order valence-electron chi connectivity index (χ2n) is 5.42. The molecule has 0 saturated carbocycles. The molecule has 0 aliphatic carbocycles. The molecule has 0 amide bonds. The van der Waals surface area contributed by atoms with Crippen molar-refractivity contribution < 1.29 is 13.6 Å². The Morgan fingerprint density at radius 2 is 1.46 bits per heavy atom. The van der Waals surface area contributed by atoms with Crippen molar-refractivity contribution in [1.29, 1.82) is 0 Å². The molecule has 4 nitrogen and oxygen atoms in total. The maximum Gasteiger partial charge on any atom is 0.339 e. The third-order valence-corrected chi connectivity index (χ3v) is 6.17. The molecule has 5 heteroatoms. The molecule has 1 unspecified atom stereocenters. The van der Waals surface area contributed by atoms with Gasteiger partial charge in [-0.15, -0.1) is 0 Å². The van der Waals surface area contributed by atoms with E-state index in [9.17, 15) is 4.57 Å². The van der Waals surface area contributed by atoms with Crippen LogP contribution in [0.3, 0.4) is 0 Å². The molecular formula is C19H26NO3P. The maximum atomic E-state index is 13.3. The monoisotopic (exact) mass is 347 g/mol. The van der Waals surface area contributed by atoms with Crippen LogP contribution in [0.15, 0.2) is 60.7 Å². The van der Waals surface area contributed by atoms with E-state index in [0.29, 0.717) is 26.3 Å². The summed E-state index contributed by atoms with van der Waals surface area (Å²) in [6.07, 6.45) is 0. The van der Waals surface area contributed by atoms with E-state index < -0.39 is 7.60 Å². The van der Waals surface area contributed by atoms with E-state index in [-0.39, 0.29) is 5.66 Å². The normalized spacial score (nSPS) is 12.9. The van der Waals surface area contributed by atoms with Crippen LogP contribution in [-0.4, -0.2) is 19.8 Å². The Hall–Kier alpha value is -1.45. The van der Waals surface area contributed by atoms with Crippen LogP contribution in [0.1, 0.15) is 30.6 Å². The van der Waals surface area contributed by atoms with Crippen LogP contribution in [0.25, 0.3) is 0 Å². The molecule has 2 aromatic rings. The van der Waals surface area contributed by atoms with Crippen LogP contribution < -0.4 is 5.32 Å². The lowest BCUT2D eigenvalue weighted by molar-refractivity contribution is 0.211. The van der Waals surface area contributed by atoms with Crippen LogP contribution in [-0.2, 0) is 20.2 Å². The third-order valence-electron chi connectivity index (χ3n) is 3.69. The SMILES string of the molecule is CCOP(=O)(OCC)C(CNCc1ccccc1)c1ccccc1. The van der Waals surface area contributed by atoms with Crippen molar-refractivity contribution in [1.82, 2.24) is 5.32 Å². The van der Waals surface area contributed by atoms with Crippen molar-refractivity contribution >= 4 is 7.60 Å². The Morgan fingerprint density at radius 3 is 2.00 bits per heavy atom. The fourth-order valence-electron chi connectivity index (χ4n) is 2.61. The molecular weight excluding hydrogens is 321 g/mol. The van der Waals surface area contributed by atoms with E-state index in [4.69, 9.17) is 9.05 Å². The Bertz CT molecular complexity index is 624. The number of rotatable bonds is 10. The average Bonchev–Trinajstić information content (AvgIpc) is 2.61. The van der Waals surface area contributed by atoms with Crippen LogP contribution in [0, 0.1) is 0 Å². The van der Waals surface area contributed by atoms with Crippen molar-refractivity contribution in [2.24, 2.45) is 0 Å². The van der Waals surface area contributed by atoms with Gasteiger partial charge in [-0.05, 0) is 25.0 Å². The zero-order valence-corrected chi connectivity index (χ0v) is 15.2. The standard InChI is InChI=1S/C19H26NO3P/c1-3-22-24(21,23-4-2)19(18-13-9-6-10-14-18)16-20-15-17-11-7-5-8-12-17/h5-14,19-20H,3-4,15-16H2,1-2H3. The van der Waals surface area contributed by atoms with Gasteiger partial charge in [0.15, 0.2) is 0 Å². The molecule has 0 spiro atoms. The molecule has 0 aromatic heterocycles. The fourth-order valence-corrected chi connectivity index (χ4v) is 4.66. The lowest BCUT2D eigenvalue weighted by atomic mass is 10.1. The summed E-state index contributed by atoms with van der Waals surface area (Å²) in [5, 5.41) is 3.39. The van der Waals surface area contributed by atoms with E-state index in [1.807, 2.05) is 62.4 Å². The van der Waals surface area contributed by atoms with Crippen LogP contribution in [0.5, 0.6) is 0 Å². The van der Waals surface area contributed by atoms with E-state index in [1.165, 1.54) is 5.56 Å². The van der Waals surface area contributed by atoms with Crippen molar-refractivity contribution in [2.75, 3.05) is 19.8 Å². The minimum Gasteiger partial charge on any atom is -0.311 e. The lowest BCUT2D eigenvalue weighted by Gasteiger charge is -2.27. The largest absolute Gasteiger partial charge is 0.339 e. The minimum atomic E-state index is -3.24. The molecule has 0 saturated heterocycles. The van der Waals surface area contributed by atoms with Gasteiger partial charge in [-0.3, -0.25) is 4.57 Å². The smallest absolute Gasteiger partial charge is 0.311 e. The predicted octanol–water partition coefficient (Wildman–Crippen LogP) is 4.78. The molecule has 0 bridgehead atoms. The zero-order valence-electron chi connectivity index (χ0n) is 14.4. The van der Waals surface area contributed by atoms with E-state index >= 15 is 0 Å². The first-order chi connectivity index (χ1) is 11.7. The zero-order chi connectivity index (χ0) is 17.3. The first-order valence-electron chi connectivity index (χ1n) is 8.38.